The van der Waals surface area contributed by atoms with E-state index in [-0.39, 0.29) is 11.6 Å². The Labute approximate surface area is 263 Å². The lowest BCUT2D eigenvalue weighted by atomic mass is 9.88. The number of nitrogens with one attached hydrogen (secondary N) is 2. The van der Waals surface area contributed by atoms with E-state index in [4.69, 9.17) is 10.5 Å². The third-order valence-electron chi connectivity index (χ3n) is 8.06. The van der Waals surface area contributed by atoms with Gasteiger partial charge in [-0.15, -0.1) is 0 Å². The van der Waals surface area contributed by atoms with E-state index >= 15 is 0 Å². The predicted molar refractivity (Wildman–Crippen MR) is 170 cm³/mol. The van der Waals surface area contributed by atoms with E-state index in [0.717, 1.165) is 42.6 Å². The molecule has 0 radical (unpaired) electrons. The third-order valence-corrected chi connectivity index (χ3v) is 8.06. The highest BCUT2D eigenvalue weighted by Crippen LogP contribution is 2.25. The first-order valence-electron chi connectivity index (χ1n) is 16.1. The highest BCUT2D eigenvalue weighted by atomic mass is 16.5. The average Bonchev–Trinajstić information content (AvgIpc) is 2.96. The van der Waals surface area contributed by atoms with E-state index in [9.17, 15) is 29.1 Å². The predicted octanol–water partition coefficient (Wildman–Crippen LogP) is 3.50. The smallest absolute Gasteiger partial charge is 0.332 e. The Morgan fingerprint density at radius 2 is 1.50 bits per heavy atom. The van der Waals surface area contributed by atoms with Crippen LogP contribution in [0.1, 0.15) is 105 Å². The molecule has 5 N–H and O–H groups in total. The van der Waals surface area contributed by atoms with Gasteiger partial charge in [0.1, 0.15) is 6.10 Å². The maximum atomic E-state index is 13.3. The van der Waals surface area contributed by atoms with Crippen LogP contribution in [0.3, 0.4) is 0 Å². The van der Waals surface area contributed by atoms with Crippen LogP contribution in [0.4, 0.5) is 0 Å². The monoisotopic (exact) mass is 620 g/mol. The highest BCUT2D eigenvalue weighted by Gasteiger charge is 2.39. The van der Waals surface area contributed by atoms with Gasteiger partial charge in [-0.3, -0.25) is 19.2 Å². The molecule has 0 saturated heterocycles. The molecule has 0 aromatic heterocycles. The zero-order chi connectivity index (χ0) is 33.2. The number of carbonyl (C=O) groups is 5. The van der Waals surface area contributed by atoms with Gasteiger partial charge in [0.25, 0.3) is 0 Å². The minimum absolute atomic E-state index is 0.151. The number of unbranched alkanes of at least 4 members (excludes halogenated alkanes) is 9. The van der Waals surface area contributed by atoms with Crippen molar-refractivity contribution in [2.75, 3.05) is 13.6 Å². The molecule has 0 unspecified atom stereocenters. The number of ether oxygens (including phenoxy) is 1. The van der Waals surface area contributed by atoms with Gasteiger partial charge < -0.3 is 31.1 Å². The summed E-state index contributed by atoms with van der Waals surface area (Å²) in [6.45, 7) is 11.3. The topological polar surface area (TPSA) is 168 Å². The number of cyclic esters (lactones) is 1. The van der Waals surface area contributed by atoms with Crippen molar-refractivity contribution < 1.29 is 33.8 Å². The molecule has 1 heterocycles. The standard InChI is InChI=1S/C33H56N4O7/c1-22(2)17-15-13-11-9-7-8-10-12-14-16-18-23(3)30-25(5)32(42)35-24(4)19-20-27(39)37(6)21-26(38)36-28(33(43)44-30)29(40)31(34)41/h19-20,22-23,25,28-30,40H,4,7-18,21H2,1-3,5-6H3,(H2,34,41)(H,35,42)(H,36,38)/b20-19-/t23-,25-,28-,29-,30-/m0/s1. The Bertz CT molecular complexity index is 997. The fraction of sp³-hybridized carbons (Fsp3) is 0.727. The van der Waals surface area contributed by atoms with Gasteiger partial charge in [0.2, 0.25) is 23.6 Å². The molecule has 5 atom stereocenters. The molecule has 0 saturated carbocycles. The zero-order valence-corrected chi connectivity index (χ0v) is 27.4. The molecule has 0 fully saturated rings. The van der Waals surface area contributed by atoms with Crippen molar-refractivity contribution in [3.8, 4) is 0 Å². The van der Waals surface area contributed by atoms with Crippen LogP contribution in [0, 0.1) is 17.8 Å². The second-order valence-corrected chi connectivity index (χ2v) is 12.6. The van der Waals surface area contributed by atoms with Crippen LogP contribution in [-0.4, -0.2) is 71.4 Å². The number of carbonyl (C=O) groups excluding carboxylic acids is 5. The Morgan fingerprint density at radius 3 is 2.02 bits per heavy atom. The quantitative estimate of drug-likeness (QED) is 0.151. The number of primary amides is 1. The molecule has 11 nitrogen and oxygen atoms in total. The third kappa shape index (κ3) is 15.0. The summed E-state index contributed by atoms with van der Waals surface area (Å²) in [5.74, 6) is -4.56. The Morgan fingerprint density at radius 1 is 0.977 bits per heavy atom. The molecule has 250 valence electrons. The average molecular weight is 621 g/mol. The zero-order valence-electron chi connectivity index (χ0n) is 27.4. The van der Waals surface area contributed by atoms with Crippen LogP contribution < -0.4 is 16.4 Å². The number of aliphatic hydroxyl groups excluding tert-OH is 1. The molecule has 0 aliphatic carbocycles. The second-order valence-electron chi connectivity index (χ2n) is 12.6. The fourth-order valence-electron chi connectivity index (χ4n) is 5.22. The van der Waals surface area contributed by atoms with Gasteiger partial charge in [-0.2, -0.15) is 0 Å². The number of nitrogens with zero attached hydrogens (tertiary/aromatic N) is 1. The number of aliphatic hydroxyl groups is 1. The van der Waals surface area contributed by atoms with Gasteiger partial charge in [-0.1, -0.05) is 105 Å². The number of esters is 1. The summed E-state index contributed by atoms with van der Waals surface area (Å²) >= 11 is 0. The Balaban J connectivity index is 2.86. The van der Waals surface area contributed by atoms with Crippen molar-refractivity contribution in [2.24, 2.45) is 23.5 Å². The van der Waals surface area contributed by atoms with Crippen molar-refractivity contribution in [3.05, 3.63) is 24.4 Å². The molecule has 0 aromatic carbocycles. The lowest BCUT2D eigenvalue weighted by Crippen LogP contribution is -2.57. The van der Waals surface area contributed by atoms with Crippen LogP contribution in [0.15, 0.2) is 24.4 Å². The number of likely N-dealkylation sites (N-methyl/N-ethyl adjacent to an activating group) is 1. The summed E-state index contributed by atoms with van der Waals surface area (Å²) in [6, 6.07) is -1.82. The van der Waals surface area contributed by atoms with E-state index < -0.39 is 60.3 Å². The Hall–Kier alpha value is -3.21. The molecule has 0 aromatic rings. The lowest BCUT2D eigenvalue weighted by Gasteiger charge is -2.31. The van der Waals surface area contributed by atoms with Gasteiger partial charge in [0.05, 0.1) is 12.5 Å². The molecular formula is C33H56N4O7. The van der Waals surface area contributed by atoms with Gasteiger partial charge >= 0.3 is 5.97 Å². The SMILES string of the molecule is C=C1/C=C\C(=O)N(C)CC(=O)N[C@@H]([C@H](O)C(N)=O)C(=O)O[C@@H]([C@@H](C)CCCCCCCCCCCCC(C)C)[C@H](C)C(=O)N1. The molecule has 1 aliphatic rings. The number of rotatable bonds is 16. The summed E-state index contributed by atoms with van der Waals surface area (Å²) in [6.07, 6.45) is 13.2. The number of hydrogen-bond acceptors (Lipinski definition) is 7. The first kappa shape index (κ1) is 38.8. The summed E-state index contributed by atoms with van der Waals surface area (Å²) < 4.78 is 5.74. The van der Waals surface area contributed by atoms with Crippen molar-refractivity contribution >= 4 is 29.6 Å². The molecule has 4 amide bonds. The van der Waals surface area contributed by atoms with Crippen LogP contribution in [0.25, 0.3) is 0 Å². The van der Waals surface area contributed by atoms with E-state index in [1.165, 1.54) is 58.1 Å². The molecular weight excluding hydrogens is 564 g/mol. The van der Waals surface area contributed by atoms with Crippen molar-refractivity contribution in [1.82, 2.24) is 15.5 Å². The van der Waals surface area contributed by atoms with E-state index in [0.29, 0.717) is 6.42 Å². The van der Waals surface area contributed by atoms with Gasteiger partial charge in [-0.25, -0.2) is 4.79 Å². The number of nitrogens with two attached hydrogens (primary N) is 1. The van der Waals surface area contributed by atoms with E-state index in [1.54, 1.807) is 6.92 Å². The molecule has 44 heavy (non-hydrogen) atoms. The summed E-state index contributed by atoms with van der Waals surface area (Å²) in [4.78, 5) is 64.2. The lowest BCUT2D eigenvalue weighted by molar-refractivity contribution is -0.165. The molecule has 1 rings (SSSR count). The van der Waals surface area contributed by atoms with Gasteiger partial charge in [0, 0.05) is 18.8 Å². The number of amides is 4. The first-order valence-corrected chi connectivity index (χ1v) is 16.1. The van der Waals surface area contributed by atoms with Gasteiger partial charge in [0.15, 0.2) is 12.1 Å². The molecule has 0 bridgehead atoms. The maximum Gasteiger partial charge on any atom is 0.332 e. The minimum atomic E-state index is -2.08. The van der Waals surface area contributed by atoms with Crippen LogP contribution in [-0.2, 0) is 28.7 Å². The largest absolute Gasteiger partial charge is 0.460 e. The maximum absolute atomic E-state index is 13.3. The van der Waals surface area contributed by atoms with Crippen LogP contribution >= 0.6 is 0 Å². The van der Waals surface area contributed by atoms with Gasteiger partial charge in [-0.05, 0) is 24.3 Å². The van der Waals surface area contributed by atoms with E-state index in [2.05, 4.69) is 31.1 Å². The van der Waals surface area contributed by atoms with Crippen molar-refractivity contribution in [3.63, 3.8) is 0 Å². The fourth-order valence-corrected chi connectivity index (χ4v) is 5.22. The normalized spacial score (nSPS) is 22.8. The summed E-state index contributed by atoms with van der Waals surface area (Å²) in [7, 11) is 1.35. The minimum Gasteiger partial charge on any atom is -0.460 e. The van der Waals surface area contributed by atoms with E-state index in [1.807, 2.05) is 6.92 Å². The molecule has 1 aliphatic heterocycles. The Kier molecular flexibility index (Phi) is 18.3. The molecule has 0 spiro atoms. The summed E-state index contributed by atoms with van der Waals surface area (Å²) in [5, 5.41) is 15.2. The summed E-state index contributed by atoms with van der Waals surface area (Å²) in [5.41, 5.74) is 5.38. The van der Waals surface area contributed by atoms with Crippen molar-refractivity contribution in [2.45, 2.75) is 123 Å². The highest BCUT2D eigenvalue weighted by molar-refractivity contribution is 5.95. The first-order chi connectivity index (χ1) is 20.7. The molecule has 11 heteroatoms. The van der Waals surface area contributed by atoms with Crippen LogP contribution in [0.5, 0.6) is 0 Å². The number of hydrogen-bond donors (Lipinski definition) is 4. The number of allylic oxidation sites excluding steroid dienone is 1. The van der Waals surface area contributed by atoms with Crippen LogP contribution in [0.2, 0.25) is 0 Å². The van der Waals surface area contributed by atoms with Crippen molar-refractivity contribution in [1.29, 1.82) is 0 Å². The second kappa shape index (κ2) is 20.7.